The molecule has 2 aromatic heterocycles. The Kier molecular flexibility index (Phi) is 2.64. The summed E-state index contributed by atoms with van der Waals surface area (Å²) in [4.78, 5) is 8.47. The number of nitrogens with zero attached hydrogens (tertiary/aromatic N) is 3. The SMILES string of the molecule is Fc1ccc(CNc2nccn3ccnc23)cc1. The highest BCUT2D eigenvalue weighted by Crippen LogP contribution is 2.12. The zero-order chi connectivity index (χ0) is 12.4. The van der Waals surface area contributed by atoms with Crippen LogP contribution in [0, 0.1) is 5.82 Å². The molecule has 0 spiro atoms. The molecule has 1 aromatic carbocycles. The van der Waals surface area contributed by atoms with Crippen LogP contribution in [-0.2, 0) is 6.54 Å². The van der Waals surface area contributed by atoms with E-state index in [1.807, 2.05) is 16.8 Å². The summed E-state index contributed by atoms with van der Waals surface area (Å²) in [7, 11) is 0. The number of imidazole rings is 1. The average molecular weight is 242 g/mol. The Hall–Kier alpha value is -2.43. The summed E-state index contributed by atoms with van der Waals surface area (Å²) in [6.45, 7) is 0.583. The molecule has 18 heavy (non-hydrogen) atoms. The molecule has 0 aliphatic rings. The Bertz CT molecular complexity index is 660. The molecule has 0 saturated heterocycles. The summed E-state index contributed by atoms with van der Waals surface area (Å²) in [6, 6.07) is 6.38. The van der Waals surface area contributed by atoms with Crippen LogP contribution in [0.4, 0.5) is 10.2 Å². The van der Waals surface area contributed by atoms with E-state index in [1.165, 1.54) is 12.1 Å². The number of anilines is 1. The number of fused-ring (bicyclic) bond motifs is 1. The molecular formula is C13H11FN4. The van der Waals surface area contributed by atoms with Crippen molar-refractivity contribution in [3.8, 4) is 0 Å². The molecule has 90 valence electrons. The van der Waals surface area contributed by atoms with Crippen molar-refractivity contribution in [2.45, 2.75) is 6.54 Å². The quantitative estimate of drug-likeness (QED) is 0.767. The monoisotopic (exact) mass is 242 g/mol. The standard InChI is InChI=1S/C13H11FN4/c14-11-3-1-10(2-4-11)9-17-12-13-16-6-8-18(13)7-5-15-12/h1-8H,9H2,(H,15,17). The molecule has 0 aliphatic heterocycles. The lowest BCUT2D eigenvalue weighted by Crippen LogP contribution is -2.03. The minimum Gasteiger partial charge on any atom is -0.363 e. The van der Waals surface area contributed by atoms with Gasteiger partial charge in [0.1, 0.15) is 5.82 Å². The molecule has 0 aliphatic carbocycles. The zero-order valence-corrected chi connectivity index (χ0v) is 9.55. The number of hydrogen-bond donors (Lipinski definition) is 1. The van der Waals surface area contributed by atoms with Gasteiger partial charge >= 0.3 is 0 Å². The van der Waals surface area contributed by atoms with E-state index in [4.69, 9.17) is 0 Å². The molecule has 0 bridgehead atoms. The van der Waals surface area contributed by atoms with Gasteiger partial charge in [-0.05, 0) is 17.7 Å². The van der Waals surface area contributed by atoms with Crippen molar-refractivity contribution >= 4 is 11.5 Å². The van der Waals surface area contributed by atoms with Gasteiger partial charge in [-0.25, -0.2) is 14.4 Å². The molecule has 3 aromatic rings. The van der Waals surface area contributed by atoms with Crippen molar-refractivity contribution < 1.29 is 4.39 Å². The van der Waals surface area contributed by atoms with Gasteiger partial charge in [0.05, 0.1) is 0 Å². The topological polar surface area (TPSA) is 42.2 Å². The van der Waals surface area contributed by atoms with E-state index in [2.05, 4.69) is 15.3 Å². The summed E-state index contributed by atoms with van der Waals surface area (Å²) in [5, 5.41) is 3.19. The second kappa shape index (κ2) is 4.44. The van der Waals surface area contributed by atoms with Crippen LogP contribution in [0.5, 0.6) is 0 Å². The average Bonchev–Trinajstić information content (AvgIpc) is 2.87. The Labute approximate surface area is 103 Å². The summed E-state index contributed by atoms with van der Waals surface area (Å²) in [5.74, 6) is 0.485. The predicted molar refractivity (Wildman–Crippen MR) is 66.7 cm³/mol. The van der Waals surface area contributed by atoms with Gasteiger partial charge in [0.15, 0.2) is 11.5 Å². The number of benzene rings is 1. The Balaban J connectivity index is 1.80. The maximum atomic E-state index is 12.8. The minimum atomic E-state index is -0.229. The molecule has 0 atom stereocenters. The van der Waals surface area contributed by atoms with E-state index in [9.17, 15) is 4.39 Å². The van der Waals surface area contributed by atoms with Crippen molar-refractivity contribution in [3.05, 3.63) is 60.4 Å². The lowest BCUT2D eigenvalue weighted by atomic mass is 10.2. The molecule has 0 unspecified atom stereocenters. The van der Waals surface area contributed by atoms with E-state index in [-0.39, 0.29) is 5.82 Å². The number of nitrogens with one attached hydrogen (secondary N) is 1. The van der Waals surface area contributed by atoms with Gasteiger partial charge in [0.2, 0.25) is 0 Å². The second-order valence-corrected chi connectivity index (χ2v) is 3.91. The highest BCUT2D eigenvalue weighted by atomic mass is 19.1. The number of halogens is 1. The number of hydrogen-bond acceptors (Lipinski definition) is 3. The van der Waals surface area contributed by atoms with Crippen LogP contribution in [0.25, 0.3) is 5.65 Å². The van der Waals surface area contributed by atoms with Crippen LogP contribution in [0.15, 0.2) is 49.1 Å². The first kappa shape index (κ1) is 10.7. The normalized spacial score (nSPS) is 10.7. The summed E-state index contributed by atoms with van der Waals surface area (Å²) in [6.07, 6.45) is 7.13. The molecule has 2 heterocycles. The molecule has 0 saturated carbocycles. The first-order valence-electron chi connectivity index (χ1n) is 5.59. The van der Waals surface area contributed by atoms with E-state index >= 15 is 0 Å². The lowest BCUT2D eigenvalue weighted by Gasteiger charge is -2.06. The molecule has 0 radical (unpaired) electrons. The molecule has 3 rings (SSSR count). The van der Waals surface area contributed by atoms with Gasteiger partial charge in [0, 0.05) is 31.3 Å². The van der Waals surface area contributed by atoms with Gasteiger partial charge < -0.3 is 9.72 Å². The Morgan fingerprint density at radius 1 is 1.06 bits per heavy atom. The van der Waals surface area contributed by atoms with E-state index in [0.717, 1.165) is 11.2 Å². The van der Waals surface area contributed by atoms with E-state index < -0.39 is 0 Å². The smallest absolute Gasteiger partial charge is 0.180 e. The van der Waals surface area contributed by atoms with Gasteiger partial charge in [-0.1, -0.05) is 12.1 Å². The van der Waals surface area contributed by atoms with Crippen LogP contribution in [-0.4, -0.2) is 14.4 Å². The fourth-order valence-corrected chi connectivity index (χ4v) is 1.77. The molecule has 4 nitrogen and oxygen atoms in total. The molecular weight excluding hydrogens is 231 g/mol. The van der Waals surface area contributed by atoms with Crippen molar-refractivity contribution in [2.75, 3.05) is 5.32 Å². The van der Waals surface area contributed by atoms with Gasteiger partial charge in [-0.15, -0.1) is 0 Å². The summed E-state index contributed by atoms with van der Waals surface area (Å²) < 4.78 is 14.7. The van der Waals surface area contributed by atoms with Crippen LogP contribution < -0.4 is 5.32 Å². The fourth-order valence-electron chi connectivity index (χ4n) is 1.77. The number of rotatable bonds is 3. The molecule has 0 fully saturated rings. The fraction of sp³-hybridized carbons (Fsp3) is 0.0769. The lowest BCUT2D eigenvalue weighted by molar-refractivity contribution is 0.627. The van der Waals surface area contributed by atoms with Gasteiger partial charge in [-0.3, -0.25) is 0 Å². The maximum Gasteiger partial charge on any atom is 0.180 e. The Morgan fingerprint density at radius 3 is 2.56 bits per heavy atom. The van der Waals surface area contributed by atoms with E-state index in [1.54, 1.807) is 24.5 Å². The van der Waals surface area contributed by atoms with Crippen molar-refractivity contribution in [1.29, 1.82) is 0 Å². The van der Waals surface area contributed by atoms with Crippen molar-refractivity contribution in [3.63, 3.8) is 0 Å². The van der Waals surface area contributed by atoms with Crippen LogP contribution in [0.1, 0.15) is 5.56 Å². The third-order valence-electron chi connectivity index (χ3n) is 2.68. The largest absolute Gasteiger partial charge is 0.363 e. The molecule has 1 N–H and O–H groups in total. The molecule has 5 heteroatoms. The summed E-state index contributed by atoms with van der Waals surface area (Å²) >= 11 is 0. The minimum absolute atomic E-state index is 0.229. The third-order valence-corrected chi connectivity index (χ3v) is 2.68. The molecule has 0 amide bonds. The van der Waals surface area contributed by atoms with E-state index in [0.29, 0.717) is 12.4 Å². The highest BCUT2D eigenvalue weighted by Gasteiger charge is 2.03. The van der Waals surface area contributed by atoms with Crippen LogP contribution in [0.2, 0.25) is 0 Å². The zero-order valence-electron chi connectivity index (χ0n) is 9.55. The van der Waals surface area contributed by atoms with Gasteiger partial charge in [-0.2, -0.15) is 0 Å². The maximum absolute atomic E-state index is 12.8. The van der Waals surface area contributed by atoms with Crippen LogP contribution >= 0.6 is 0 Å². The van der Waals surface area contributed by atoms with Crippen LogP contribution in [0.3, 0.4) is 0 Å². The highest BCUT2D eigenvalue weighted by molar-refractivity contribution is 5.62. The first-order valence-corrected chi connectivity index (χ1v) is 5.59. The third kappa shape index (κ3) is 2.02. The number of aromatic nitrogens is 3. The first-order chi connectivity index (χ1) is 8.83. The second-order valence-electron chi connectivity index (χ2n) is 3.91. The van der Waals surface area contributed by atoms with Gasteiger partial charge in [0.25, 0.3) is 0 Å². The summed E-state index contributed by atoms with van der Waals surface area (Å²) in [5.41, 5.74) is 1.77. The Morgan fingerprint density at radius 2 is 1.78 bits per heavy atom. The van der Waals surface area contributed by atoms with Crippen molar-refractivity contribution in [2.24, 2.45) is 0 Å². The predicted octanol–water partition coefficient (Wildman–Crippen LogP) is 2.48. The van der Waals surface area contributed by atoms with Crippen molar-refractivity contribution in [1.82, 2.24) is 14.4 Å².